The lowest BCUT2D eigenvalue weighted by Crippen LogP contribution is -2.11. The molecule has 0 aliphatic carbocycles. The van der Waals surface area contributed by atoms with Gasteiger partial charge >= 0.3 is 0 Å². The van der Waals surface area contributed by atoms with E-state index in [9.17, 15) is 0 Å². The summed E-state index contributed by atoms with van der Waals surface area (Å²) in [5.74, 6) is 0.0143. The fourth-order valence-electron chi connectivity index (χ4n) is 0.880. The molecule has 1 aromatic carbocycles. The molecular formula is C8H10ClN3. The summed E-state index contributed by atoms with van der Waals surface area (Å²) in [7, 11) is 0. The maximum Gasteiger partial charge on any atom is 0.122 e. The van der Waals surface area contributed by atoms with E-state index < -0.39 is 0 Å². The second-order valence-corrected chi connectivity index (χ2v) is 2.83. The van der Waals surface area contributed by atoms with Crippen LogP contribution in [0.25, 0.3) is 0 Å². The van der Waals surface area contributed by atoms with Crippen molar-refractivity contribution in [2.45, 2.75) is 6.54 Å². The van der Waals surface area contributed by atoms with E-state index >= 15 is 0 Å². The summed E-state index contributed by atoms with van der Waals surface area (Å²) in [5.41, 5.74) is 12.2. The number of hydrogen-bond donors (Lipinski definition) is 3. The van der Waals surface area contributed by atoms with E-state index in [4.69, 9.17) is 28.5 Å². The molecule has 0 radical (unpaired) electrons. The Balaban J connectivity index is 3.10. The first-order valence-corrected chi connectivity index (χ1v) is 3.86. The molecule has 0 saturated heterocycles. The van der Waals surface area contributed by atoms with Crippen LogP contribution >= 0.6 is 11.6 Å². The summed E-state index contributed by atoms with van der Waals surface area (Å²) >= 11 is 5.84. The topological polar surface area (TPSA) is 75.9 Å². The molecule has 0 unspecified atom stereocenters. The van der Waals surface area contributed by atoms with Crippen molar-refractivity contribution < 1.29 is 0 Å². The normalized spacial score (nSPS) is 9.83. The van der Waals surface area contributed by atoms with Crippen LogP contribution in [-0.2, 0) is 6.54 Å². The number of halogens is 1. The average Bonchev–Trinajstić information content (AvgIpc) is 2.04. The van der Waals surface area contributed by atoms with Crippen molar-refractivity contribution in [2.75, 3.05) is 0 Å². The number of benzene rings is 1. The Morgan fingerprint density at radius 3 is 2.58 bits per heavy atom. The quantitative estimate of drug-likeness (QED) is 0.474. The van der Waals surface area contributed by atoms with Gasteiger partial charge in [0, 0.05) is 17.1 Å². The first-order valence-electron chi connectivity index (χ1n) is 3.48. The minimum Gasteiger partial charge on any atom is -0.384 e. The van der Waals surface area contributed by atoms with Crippen molar-refractivity contribution in [1.29, 1.82) is 5.41 Å². The minimum absolute atomic E-state index is 0.0143. The lowest BCUT2D eigenvalue weighted by molar-refractivity contribution is 1.07. The fraction of sp³-hybridized carbons (Fsp3) is 0.125. The van der Waals surface area contributed by atoms with Crippen molar-refractivity contribution in [2.24, 2.45) is 11.5 Å². The van der Waals surface area contributed by atoms with Gasteiger partial charge in [-0.15, -0.1) is 0 Å². The molecular weight excluding hydrogens is 174 g/mol. The standard InChI is InChI=1S/C8H10ClN3/c9-7-3-5(8(11)12)1-2-6(7)4-10/h1-3H,4,10H2,(H3,11,12). The highest BCUT2D eigenvalue weighted by Crippen LogP contribution is 2.16. The van der Waals surface area contributed by atoms with Crippen LogP contribution in [0.5, 0.6) is 0 Å². The van der Waals surface area contributed by atoms with Crippen LogP contribution in [0.2, 0.25) is 5.02 Å². The predicted molar refractivity (Wildman–Crippen MR) is 50.4 cm³/mol. The molecule has 3 nitrogen and oxygen atoms in total. The molecule has 0 atom stereocenters. The van der Waals surface area contributed by atoms with Gasteiger partial charge in [-0.05, 0) is 11.6 Å². The predicted octanol–water partition coefficient (Wildman–Crippen LogP) is 1.08. The van der Waals surface area contributed by atoms with Crippen molar-refractivity contribution >= 4 is 17.4 Å². The lowest BCUT2D eigenvalue weighted by Gasteiger charge is -2.03. The summed E-state index contributed by atoms with van der Waals surface area (Å²) in [6.07, 6.45) is 0. The fourth-order valence-corrected chi connectivity index (χ4v) is 1.14. The third kappa shape index (κ3) is 1.75. The first-order chi connectivity index (χ1) is 5.65. The van der Waals surface area contributed by atoms with Crippen LogP contribution < -0.4 is 11.5 Å². The zero-order chi connectivity index (χ0) is 9.14. The number of nitrogens with two attached hydrogens (primary N) is 2. The average molecular weight is 184 g/mol. The lowest BCUT2D eigenvalue weighted by atomic mass is 10.1. The third-order valence-electron chi connectivity index (χ3n) is 1.58. The molecule has 0 heterocycles. The molecule has 0 aliphatic heterocycles. The molecule has 1 aromatic rings. The monoisotopic (exact) mass is 183 g/mol. The van der Waals surface area contributed by atoms with E-state index in [1.807, 2.05) is 0 Å². The van der Waals surface area contributed by atoms with E-state index in [0.717, 1.165) is 5.56 Å². The Hall–Kier alpha value is -1.06. The first kappa shape index (κ1) is 9.03. The van der Waals surface area contributed by atoms with Gasteiger partial charge in [0.1, 0.15) is 5.84 Å². The number of nitrogen functional groups attached to an aromatic ring is 1. The highest BCUT2D eigenvalue weighted by Gasteiger charge is 2.01. The van der Waals surface area contributed by atoms with Gasteiger partial charge in [-0.3, -0.25) is 5.41 Å². The highest BCUT2D eigenvalue weighted by atomic mass is 35.5. The smallest absolute Gasteiger partial charge is 0.122 e. The Morgan fingerprint density at radius 1 is 1.50 bits per heavy atom. The third-order valence-corrected chi connectivity index (χ3v) is 1.94. The van der Waals surface area contributed by atoms with Crippen LogP contribution in [0.1, 0.15) is 11.1 Å². The van der Waals surface area contributed by atoms with Crippen LogP contribution in [0, 0.1) is 5.41 Å². The molecule has 1 rings (SSSR count). The molecule has 12 heavy (non-hydrogen) atoms. The van der Waals surface area contributed by atoms with Crippen LogP contribution in [-0.4, -0.2) is 5.84 Å². The van der Waals surface area contributed by atoms with Gasteiger partial charge in [-0.1, -0.05) is 23.7 Å². The number of hydrogen-bond acceptors (Lipinski definition) is 2. The number of amidine groups is 1. The molecule has 0 aromatic heterocycles. The van der Waals surface area contributed by atoms with E-state index in [2.05, 4.69) is 0 Å². The Labute approximate surface area is 75.8 Å². The zero-order valence-electron chi connectivity index (χ0n) is 6.47. The molecule has 0 amide bonds. The maximum absolute atomic E-state index is 7.15. The largest absolute Gasteiger partial charge is 0.384 e. The highest BCUT2D eigenvalue weighted by molar-refractivity contribution is 6.31. The number of rotatable bonds is 2. The second-order valence-electron chi connectivity index (χ2n) is 2.42. The van der Waals surface area contributed by atoms with Crippen molar-refractivity contribution in [3.05, 3.63) is 34.3 Å². The van der Waals surface area contributed by atoms with Crippen molar-refractivity contribution in [1.82, 2.24) is 0 Å². The summed E-state index contributed by atoms with van der Waals surface area (Å²) in [5, 5.41) is 7.71. The molecule has 0 spiro atoms. The van der Waals surface area contributed by atoms with Crippen LogP contribution in [0.15, 0.2) is 18.2 Å². The van der Waals surface area contributed by atoms with E-state index in [-0.39, 0.29) is 5.84 Å². The SMILES string of the molecule is N=C(N)c1ccc(CN)c(Cl)c1. The summed E-state index contributed by atoms with van der Waals surface area (Å²) in [4.78, 5) is 0. The zero-order valence-corrected chi connectivity index (χ0v) is 7.23. The van der Waals surface area contributed by atoms with Crippen molar-refractivity contribution in [3.63, 3.8) is 0 Å². The summed E-state index contributed by atoms with van der Waals surface area (Å²) in [6.45, 7) is 0.400. The molecule has 0 aliphatic rings. The Kier molecular flexibility index (Phi) is 2.68. The second kappa shape index (κ2) is 3.56. The van der Waals surface area contributed by atoms with E-state index in [1.54, 1.807) is 18.2 Å². The van der Waals surface area contributed by atoms with Gasteiger partial charge in [-0.25, -0.2) is 0 Å². The van der Waals surface area contributed by atoms with Gasteiger partial charge in [0.05, 0.1) is 0 Å². The molecule has 0 saturated carbocycles. The van der Waals surface area contributed by atoms with Gasteiger partial charge in [0.15, 0.2) is 0 Å². The van der Waals surface area contributed by atoms with Crippen LogP contribution in [0.3, 0.4) is 0 Å². The molecule has 5 N–H and O–H groups in total. The Bertz CT molecular complexity index is 309. The van der Waals surface area contributed by atoms with Gasteiger partial charge in [0.2, 0.25) is 0 Å². The van der Waals surface area contributed by atoms with E-state index in [1.165, 1.54) is 0 Å². The molecule has 0 fully saturated rings. The van der Waals surface area contributed by atoms with Gasteiger partial charge < -0.3 is 11.5 Å². The maximum atomic E-state index is 7.15. The van der Waals surface area contributed by atoms with E-state index in [0.29, 0.717) is 17.1 Å². The molecule has 64 valence electrons. The number of nitrogens with one attached hydrogen (secondary N) is 1. The Morgan fingerprint density at radius 2 is 2.17 bits per heavy atom. The van der Waals surface area contributed by atoms with Crippen LogP contribution in [0.4, 0.5) is 0 Å². The molecule has 0 bridgehead atoms. The summed E-state index contributed by atoms with van der Waals surface area (Å²) in [6, 6.07) is 5.15. The van der Waals surface area contributed by atoms with Crippen molar-refractivity contribution in [3.8, 4) is 0 Å². The summed E-state index contributed by atoms with van der Waals surface area (Å²) < 4.78 is 0. The minimum atomic E-state index is 0.0143. The van der Waals surface area contributed by atoms with Gasteiger partial charge in [0.25, 0.3) is 0 Å². The molecule has 4 heteroatoms. The van der Waals surface area contributed by atoms with Gasteiger partial charge in [-0.2, -0.15) is 0 Å².